The molecular weight excluding hydrogens is 321 g/mol. The van der Waals surface area contributed by atoms with Gasteiger partial charge in [-0.1, -0.05) is 34.8 Å². The van der Waals surface area contributed by atoms with Crippen LogP contribution in [0.25, 0.3) is 0 Å². The second kappa shape index (κ2) is 6.35. The van der Waals surface area contributed by atoms with E-state index in [1.807, 2.05) is 0 Å². The van der Waals surface area contributed by atoms with Crippen LogP contribution in [0, 0.1) is 0 Å². The smallest absolute Gasteiger partial charge is 0.255 e. The van der Waals surface area contributed by atoms with E-state index in [2.05, 4.69) is 5.32 Å². The Balaban J connectivity index is 2.21. The molecule has 0 aromatic heterocycles. The van der Waals surface area contributed by atoms with Crippen LogP contribution in [0.4, 0.5) is 5.69 Å². The first-order valence-corrected chi connectivity index (χ1v) is 6.74. The second-order valence-electron chi connectivity index (χ2n) is 3.96. The molecule has 2 rings (SSSR count). The van der Waals surface area contributed by atoms with Gasteiger partial charge in [-0.15, -0.1) is 0 Å². The second-order valence-corrected chi connectivity index (χ2v) is 5.24. The average molecular weight is 331 g/mol. The highest BCUT2D eigenvalue weighted by Gasteiger charge is 2.10. The lowest BCUT2D eigenvalue weighted by Gasteiger charge is -2.08. The zero-order valence-corrected chi connectivity index (χ0v) is 12.7. The predicted molar refractivity (Wildman–Crippen MR) is 82.4 cm³/mol. The van der Waals surface area contributed by atoms with Crippen molar-refractivity contribution in [1.82, 2.24) is 0 Å². The molecule has 0 aliphatic carbocycles. The number of methoxy groups -OCH3 is 1. The highest BCUT2D eigenvalue weighted by Crippen LogP contribution is 2.26. The molecule has 0 saturated carbocycles. The number of carbonyl (C=O) groups excluding carboxylic acids is 1. The van der Waals surface area contributed by atoms with Crippen LogP contribution in [0.3, 0.4) is 0 Å². The van der Waals surface area contributed by atoms with Gasteiger partial charge in [0.25, 0.3) is 5.91 Å². The monoisotopic (exact) mass is 329 g/mol. The standard InChI is InChI=1S/C14H10Cl3NO2/c1-20-13-3-2-8(4-12(13)17)14(19)18-11-6-9(15)5-10(16)7-11/h2-7H,1H3,(H,18,19). The highest BCUT2D eigenvalue weighted by atomic mass is 35.5. The largest absolute Gasteiger partial charge is 0.495 e. The van der Waals surface area contributed by atoms with E-state index >= 15 is 0 Å². The van der Waals surface area contributed by atoms with Gasteiger partial charge in [-0.25, -0.2) is 0 Å². The van der Waals surface area contributed by atoms with Gasteiger partial charge < -0.3 is 10.1 Å². The highest BCUT2D eigenvalue weighted by molar-refractivity contribution is 6.35. The average Bonchev–Trinajstić information content (AvgIpc) is 2.37. The van der Waals surface area contributed by atoms with Crippen LogP contribution in [0.5, 0.6) is 5.75 Å². The van der Waals surface area contributed by atoms with Gasteiger partial charge in [-0.2, -0.15) is 0 Å². The van der Waals surface area contributed by atoms with Crippen molar-refractivity contribution in [2.45, 2.75) is 0 Å². The number of benzene rings is 2. The lowest BCUT2D eigenvalue weighted by atomic mass is 10.2. The van der Waals surface area contributed by atoms with Crippen LogP contribution in [0.15, 0.2) is 36.4 Å². The third-order valence-corrected chi connectivity index (χ3v) is 3.27. The number of amides is 1. The molecule has 104 valence electrons. The molecule has 0 heterocycles. The molecule has 0 saturated heterocycles. The maximum Gasteiger partial charge on any atom is 0.255 e. The first-order valence-electron chi connectivity index (χ1n) is 5.60. The summed E-state index contributed by atoms with van der Waals surface area (Å²) in [6, 6.07) is 9.58. The molecule has 0 aliphatic heterocycles. The lowest BCUT2D eigenvalue weighted by molar-refractivity contribution is 0.102. The topological polar surface area (TPSA) is 38.3 Å². The Morgan fingerprint density at radius 3 is 2.25 bits per heavy atom. The molecule has 0 bridgehead atoms. The molecule has 0 atom stereocenters. The van der Waals surface area contributed by atoms with Crippen LogP contribution in [0.1, 0.15) is 10.4 Å². The van der Waals surface area contributed by atoms with E-state index < -0.39 is 0 Å². The minimum atomic E-state index is -0.312. The minimum absolute atomic E-state index is 0.312. The first kappa shape index (κ1) is 15.0. The Morgan fingerprint density at radius 1 is 1.05 bits per heavy atom. The number of rotatable bonds is 3. The molecule has 1 amide bonds. The summed E-state index contributed by atoms with van der Waals surface area (Å²) in [5, 5.41) is 3.95. The number of hydrogen-bond acceptors (Lipinski definition) is 2. The normalized spacial score (nSPS) is 10.2. The van der Waals surface area contributed by atoms with Crippen molar-refractivity contribution in [1.29, 1.82) is 0 Å². The fourth-order valence-electron chi connectivity index (χ4n) is 1.64. The summed E-state index contributed by atoms with van der Waals surface area (Å²) in [5.41, 5.74) is 0.923. The van der Waals surface area contributed by atoms with Gasteiger partial charge in [0.1, 0.15) is 5.75 Å². The van der Waals surface area contributed by atoms with Crippen LogP contribution >= 0.6 is 34.8 Å². The number of nitrogens with one attached hydrogen (secondary N) is 1. The van der Waals surface area contributed by atoms with Crippen LogP contribution < -0.4 is 10.1 Å². The number of hydrogen-bond donors (Lipinski definition) is 1. The summed E-state index contributed by atoms with van der Waals surface area (Å²) in [5.74, 6) is 0.196. The SMILES string of the molecule is COc1ccc(C(=O)Nc2cc(Cl)cc(Cl)c2)cc1Cl. The van der Waals surface area contributed by atoms with Gasteiger partial charge in [0.15, 0.2) is 0 Å². The molecule has 6 heteroatoms. The number of anilines is 1. The Morgan fingerprint density at radius 2 is 1.70 bits per heavy atom. The molecule has 0 fully saturated rings. The van der Waals surface area contributed by atoms with Crippen molar-refractivity contribution in [2.75, 3.05) is 12.4 Å². The Labute approximate surface area is 131 Å². The Hall–Kier alpha value is -1.42. The van der Waals surface area contributed by atoms with E-state index in [0.29, 0.717) is 32.1 Å². The predicted octanol–water partition coefficient (Wildman–Crippen LogP) is 4.91. The van der Waals surface area contributed by atoms with Crippen LogP contribution in [0.2, 0.25) is 15.1 Å². The van der Waals surface area contributed by atoms with Crippen LogP contribution in [-0.4, -0.2) is 13.0 Å². The molecule has 2 aromatic carbocycles. The van der Waals surface area contributed by atoms with E-state index in [0.717, 1.165) is 0 Å². The van der Waals surface area contributed by atoms with Crippen molar-refractivity contribution in [3.8, 4) is 5.75 Å². The maximum absolute atomic E-state index is 12.1. The number of halogens is 3. The molecule has 0 radical (unpaired) electrons. The molecule has 20 heavy (non-hydrogen) atoms. The number of ether oxygens (including phenoxy) is 1. The van der Waals surface area contributed by atoms with E-state index in [1.165, 1.54) is 13.2 Å². The van der Waals surface area contributed by atoms with Crippen molar-refractivity contribution >= 4 is 46.4 Å². The lowest BCUT2D eigenvalue weighted by Crippen LogP contribution is -2.11. The van der Waals surface area contributed by atoms with Crippen molar-refractivity contribution in [3.63, 3.8) is 0 Å². The fraction of sp³-hybridized carbons (Fsp3) is 0.0714. The summed E-state index contributed by atoms with van der Waals surface area (Å²) in [7, 11) is 1.51. The first-order chi connectivity index (χ1) is 9.49. The zero-order chi connectivity index (χ0) is 14.7. The summed E-state index contributed by atoms with van der Waals surface area (Å²) in [6.45, 7) is 0. The summed E-state index contributed by atoms with van der Waals surface area (Å²) in [4.78, 5) is 12.1. The molecule has 2 aromatic rings. The molecule has 0 spiro atoms. The van der Waals surface area contributed by atoms with Crippen molar-refractivity contribution in [3.05, 3.63) is 57.0 Å². The fourth-order valence-corrected chi connectivity index (χ4v) is 2.42. The van der Waals surface area contributed by atoms with Gasteiger partial charge in [-0.3, -0.25) is 4.79 Å². The van der Waals surface area contributed by atoms with Gasteiger partial charge in [0.2, 0.25) is 0 Å². The molecular formula is C14H10Cl3NO2. The summed E-state index contributed by atoms with van der Waals surface area (Å²) >= 11 is 17.7. The summed E-state index contributed by atoms with van der Waals surface area (Å²) in [6.07, 6.45) is 0. The van der Waals surface area contributed by atoms with Gasteiger partial charge in [0, 0.05) is 21.3 Å². The van der Waals surface area contributed by atoms with Crippen molar-refractivity contribution in [2.24, 2.45) is 0 Å². The van der Waals surface area contributed by atoms with E-state index in [1.54, 1.807) is 30.3 Å². The third-order valence-electron chi connectivity index (χ3n) is 2.53. The van der Waals surface area contributed by atoms with Gasteiger partial charge in [-0.05, 0) is 36.4 Å². The van der Waals surface area contributed by atoms with Crippen LogP contribution in [-0.2, 0) is 0 Å². The molecule has 0 unspecified atom stereocenters. The maximum atomic E-state index is 12.1. The van der Waals surface area contributed by atoms with Gasteiger partial charge in [0.05, 0.1) is 12.1 Å². The zero-order valence-electron chi connectivity index (χ0n) is 10.4. The van der Waals surface area contributed by atoms with E-state index in [9.17, 15) is 4.79 Å². The third kappa shape index (κ3) is 3.57. The Kier molecular flexibility index (Phi) is 4.76. The molecule has 3 nitrogen and oxygen atoms in total. The van der Waals surface area contributed by atoms with E-state index in [4.69, 9.17) is 39.5 Å². The van der Waals surface area contributed by atoms with Crippen molar-refractivity contribution < 1.29 is 9.53 Å². The van der Waals surface area contributed by atoms with Gasteiger partial charge >= 0.3 is 0 Å². The minimum Gasteiger partial charge on any atom is -0.495 e. The van der Waals surface area contributed by atoms with E-state index in [-0.39, 0.29) is 5.91 Å². The quantitative estimate of drug-likeness (QED) is 0.868. The number of carbonyl (C=O) groups is 1. The summed E-state index contributed by atoms with van der Waals surface area (Å²) < 4.78 is 5.03. The molecule has 0 aliphatic rings. The Bertz CT molecular complexity index is 639. The molecule has 1 N–H and O–H groups in total.